The lowest BCUT2D eigenvalue weighted by molar-refractivity contribution is 0.0260. The predicted octanol–water partition coefficient (Wildman–Crippen LogP) is -2.33. The molecule has 3 rings (SSSR count). The summed E-state index contributed by atoms with van der Waals surface area (Å²) in [5.41, 5.74) is 0. The first kappa shape index (κ1) is 20.7. The minimum atomic E-state index is -4.01. The Kier molecular flexibility index (Phi) is 7.51. The summed E-state index contributed by atoms with van der Waals surface area (Å²) in [6.45, 7) is -0.404. The van der Waals surface area contributed by atoms with Gasteiger partial charge < -0.3 is 14.0 Å². The van der Waals surface area contributed by atoms with E-state index in [0.717, 1.165) is 0 Å². The molecule has 13 nitrogen and oxygen atoms in total. The summed E-state index contributed by atoms with van der Waals surface area (Å²) in [6.07, 6.45) is -2.03. The van der Waals surface area contributed by atoms with Gasteiger partial charge in [-0.05, 0) is 0 Å². The second-order valence-corrected chi connectivity index (χ2v) is 8.03. The van der Waals surface area contributed by atoms with E-state index in [1.807, 2.05) is 0 Å². The van der Waals surface area contributed by atoms with Gasteiger partial charge in [0.1, 0.15) is 18.3 Å². The van der Waals surface area contributed by atoms with Gasteiger partial charge in [-0.2, -0.15) is 16.8 Å². The molecule has 0 saturated carbocycles. The van der Waals surface area contributed by atoms with Crippen molar-refractivity contribution in [3.63, 3.8) is 0 Å². The third-order valence-corrected chi connectivity index (χ3v) is 5.48. The van der Waals surface area contributed by atoms with Crippen molar-refractivity contribution in [2.45, 2.75) is 18.3 Å². The van der Waals surface area contributed by atoms with Gasteiger partial charge in [-0.15, -0.1) is 0 Å². The number of hydrogen-bond acceptors (Lipinski definition) is 13. The van der Waals surface area contributed by atoms with Gasteiger partial charge in [0.15, 0.2) is 0 Å². The fourth-order valence-electron chi connectivity index (χ4n) is 1.91. The fraction of sp³-hybridized carbons (Fsp3) is 1.00. The van der Waals surface area contributed by atoms with Crippen molar-refractivity contribution in [3.8, 4) is 0 Å². The van der Waals surface area contributed by atoms with E-state index >= 15 is 0 Å². The zero-order chi connectivity index (χ0) is 18.6. The standard InChI is InChI=1S/C9H15BO13S3/c11-24-18-4-7(21-24)1-15-10(16-2-8-5-19-25(12)22-8)17-3-9-6-20-26(13,14)23-9/h7-9H,1-6H2. The zero-order valence-corrected chi connectivity index (χ0v) is 15.5. The average molecular weight is 438 g/mol. The molecule has 150 valence electrons. The molecular formula is C9H15BO13S3. The highest BCUT2D eigenvalue weighted by Gasteiger charge is 2.35. The maximum Gasteiger partial charge on any atom is 0.639 e. The summed E-state index contributed by atoms with van der Waals surface area (Å²) >= 11 is -3.65. The molecule has 3 fully saturated rings. The second-order valence-electron chi connectivity index (χ2n) is 5.11. The highest BCUT2D eigenvalue weighted by Crippen LogP contribution is 2.15. The first-order chi connectivity index (χ1) is 12.4. The largest absolute Gasteiger partial charge is 0.639 e. The lowest BCUT2D eigenvalue weighted by Gasteiger charge is -2.17. The number of rotatable bonds is 9. The minimum absolute atomic E-state index is 0.0648. The van der Waals surface area contributed by atoms with E-state index in [1.54, 1.807) is 0 Å². The third-order valence-electron chi connectivity index (χ3n) is 3.04. The summed E-state index contributed by atoms with van der Waals surface area (Å²) in [7, 11) is -5.26. The van der Waals surface area contributed by atoms with E-state index in [-0.39, 0.29) is 39.6 Å². The molecule has 0 aliphatic carbocycles. The van der Waals surface area contributed by atoms with Crippen molar-refractivity contribution >= 4 is 40.4 Å². The molecule has 3 saturated heterocycles. The van der Waals surface area contributed by atoms with E-state index in [0.29, 0.717) is 0 Å². The van der Waals surface area contributed by atoms with E-state index < -0.39 is 58.8 Å². The summed E-state index contributed by atoms with van der Waals surface area (Å²) < 4.78 is 88.5. The molecule has 5 unspecified atom stereocenters. The van der Waals surface area contributed by atoms with Crippen LogP contribution in [0.4, 0.5) is 0 Å². The third kappa shape index (κ3) is 6.53. The van der Waals surface area contributed by atoms with Crippen LogP contribution in [-0.2, 0) is 72.2 Å². The van der Waals surface area contributed by atoms with Crippen molar-refractivity contribution in [1.29, 1.82) is 0 Å². The summed E-state index contributed by atoms with van der Waals surface area (Å²) in [5, 5.41) is 0. The first-order valence-corrected chi connectivity index (χ1v) is 10.6. The highest BCUT2D eigenvalue weighted by atomic mass is 32.3. The van der Waals surface area contributed by atoms with E-state index in [1.165, 1.54) is 0 Å². The Hall–Kier alpha value is -0.0451. The Morgan fingerprint density at radius 2 is 1.35 bits per heavy atom. The molecule has 0 bridgehead atoms. The molecule has 3 heterocycles. The smallest absolute Gasteiger partial charge is 0.383 e. The summed E-state index contributed by atoms with van der Waals surface area (Å²) in [5.74, 6) is 0. The van der Waals surface area contributed by atoms with Crippen LogP contribution < -0.4 is 0 Å². The van der Waals surface area contributed by atoms with E-state index in [9.17, 15) is 16.8 Å². The minimum Gasteiger partial charge on any atom is -0.383 e. The molecule has 3 aliphatic heterocycles. The van der Waals surface area contributed by atoms with Crippen molar-refractivity contribution in [2.24, 2.45) is 0 Å². The van der Waals surface area contributed by atoms with Crippen LogP contribution in [0.3, 0.4) is 0 Å². The summed E-state index contributed by atoms with van der Waals surface area (Å²) in [6, 6.07) is 0. The molecule has 5 atom stereocenters. The lowest BCUT2D eigenvalue weighted by Crippen LogP contribution is -2.37. The number of hydrogen-bond donors (Lipinski definition) is 0. The summed E-state index contributed by atoms with van der Waals surface area (Å²) in [4.78, 5) is 0. The van der Waals surface area contributed by atoms with Gasteiger partial charge in [-0.25, -0.2) is 8.37 Å². The Morgan fingerprint density at radius 1 is 0.846 bits per heavy atom. The van der Waals surface area contributed by atoms with Crippen LogP contribution in [0, 0.1) is 0 Å². The average Bonchev–Trinajstić information content (AvgIpc) is 3.27. The molecule has 0 aromatic rings. The Bertz CT molecular complexity index is 598. The van der Waals surface area contributed by atoms with Crippen LogP contribution in [0.15, 0.2) is 0 Å². The molecule has 26 heavy (non-hydrogen) atoms. The van der Waals surface area contributed by atoms with Gasteiger partial charge in [-0.3, -0.25) is 16.7 Å². The van der Waals surface area contributed by atoms with E-state index in [2.05, 4.69) is 8.37 Å². The fourth-order valence-corrected chi connectivity index (χ4v) is 4.03. The van der Waals surface area contributed by atoms with Crippen LogP contribution in [0.2, 0.25) is 0 Å². The monoisotopic (exact) mass is 438 g/mol. The molecule has 17 heteroatoms. The van der Waals surface area contributed by atoms with Gasteiger partial charge in [0.05, 0.1) is 39.6 Å². The molecular weight excluding hydrogens is 423 g/mol. The molecule has 0 radical (unpaired) electrons. The second kappa shape index (κ2) is 9.44. The molecule has 0 spiro atoms. The van der Waals surface area contributed by atoms with Gasteiger partial charge in [-0.1, -0.05) is 0 Å². The van der Waals surface area contributed by atoms with Crippen molar-refractivity contribution in [1.82, 2.24) is 0 Å². The van der Waals surface area contributed by atoms with Crippen molar-refractivity contribution in [2.75, 3.05) is 39.6 Å². The van der Waals surface area contributed by atoms with Crippen molar-refractivity contribution < 1.29 is 55.9 Å². The lowest BCUT2D eigenvalue weighted by atomic mass is 10.2. The molecule has 0 aromatic heterocycles. The zero-order valence-electron chi connectivity index (χ0n) is 13.1. The molecule has 0 N–H and O–H groups in total. The van der Waals surface area contributed by atoms with Crippen LogP contribution in [0.1, 0.15) is 0 Å². The van der Waals surface area contributed by atoms with Gasteiger partial charge in [0, 0.05) is 0 Å². The topological polar surface area (TPSA) is 151 Å². The van der Waals surface area contributed by atoms with Gasteiger partial charge in [0.25, 0.3) is 0 Å². The molecule has 3 aliphatic rings. The first-order valence-electron chi connectivity index (χ1n) is 7.26. The highest BCUT2D eigenvalue weighted by molar-refractivity contribution is 7.82. The Morgan fingerprint density at radius 3 is 1.73 bits per heavy atom. The maximum absolute atomic E-state index is 11.1. The van der Waals surface area contributed by atoms with Crippen molar-refractivity contribution in [3.05, 3.63) is 0 Å². The molecule has 0 aromatic carbocycles. The Balaban J connectivity index is 1.45. The van der Waals surface area contributed by atoms with Crippen LogP contribution in [-0.4, -0.2) is 82.1 Å². The van der Waals surface area contributed by atoms with Crippen LogP contribution in [0.5, 0.6) is 0 Å². The molecule has 0 amide bonds. The van der Waals surface area contributed by atoms with Crippen LogP contribution >= 0.6 is 0 Å². The maximum atomic E-state index is 11.1. The van der Waals surface area contributed by atoms with Gasteiger partial charge in [0.2, 0.25) is 0 Å². The normalized spacial score (nSPS) is 36.5. The van der Waals surface area contributed by atoms with Crippen LogP contribution in [0.25, 0.3) is 0 Å². The SMILES string of the molecule is O=S1OCC(COB(OCC2COS(=O)O2)OCC2COS(=O)(=O)O2)O1. The van der Waals surface area contributed by atoms with Gasteiger partial charge >= 0.3 is 40.4 Å². The quantitative estimate of drug-likeness (QED) is 0.354. The van der Waals surface area contributed by atoms with E-state index in [4.69, 9.17) is 30.7 Å². The predicted molar refractivity (Wildman–Crippen MR) is 81.3 cm³/mol. The Labute approximate surface area is 154 Å².